The molecule has 2 unspecified atom stereocenters. The maximum absolute atomic E-state index is 4.32. The second-order valence-corrected chi connectivity index (χ2v) is 11.5. The molecule has 0 bridgehead atoms. The lowest BCUT2D eigenvalue weighted by Gasteiger charge is -2.21. The van der Waals surface area contributed by atoms with Gasteiger partial charge < -0.3 is 0 Å². The molecule has 6 rings (SSSR count). The minimum absolute atomic E-state index is 0.248. The fourth-order valence-electron chi connectivity index (χ4n) is 6.49. The van der Waals surface area contributed by atoms with Crippen LogP contribution in [0.2, 0.25) is 0 Å². The molecule has 4 aromatic carbocycles. The maximum Gasteiger partial charge on any atom is 0.0305 e. The number of hydrogen-bond donors (Lipinski definition) is 0. The molecule has 1 aliphatic carbocycles. The van der Waals surface area contributed by atoms with E-state index in [0.29, 0.717) is 5.92 Å². The van der Waals surface area contributed by atoms with E-state index in [9.17, 15) is 0 Å². The molecule has 0 fully saturated rings. The van der Waals surface area contributed by atoms with Gasteiger partial charge in [-0.2, -0.15) is 0 Å². The van der Waals surface area contributed by atoms with Gasteiger partial charge in [0, 0.05) is 24.2 Å². The van der Waals surface area contributed by atoms with E-state index < -0.39 is 0 Å². The van der Waals surface area contributed by atoms with E-state index in [1.54, 1.807) is 0 Å². The van der Waals surface area contributed by atoms with Crippen LogP contribution in [0.15, 0.2) is 146 Å². The second-order valence-electron chi connectivity index (χ2n) is 11.5. The topological polar surface area (TPSA) is 12.9 Å². The van der Waals surface area contributed by atoms with Gasteiger partial charge in [0.25, 0.3) is 0 Å². The molecule has 0 saturated carbocycles. The fourth-order valence-corrected chi connectivity index (χ4v) is 6.49. The Bertz CT molecular complexity index is 1890. The third-order valence-corrected chi connectivity index (χ3v) is 8.68. The van der Waals surface area contributed by atoms with Crippen LogP contribution in [0.5, 0.6) is 0 Å². The van der Waals surface area contributed by atoms with Gasteiger partial charge in [0.2, 0.25) is 0 Å². The zero-order valence-corrected chi connectivity index (χ0v) is 25.7. The highest BCUT2D eigenvalue weighted by Crippen LogP contribution is 2.40. The lowest BCUT2D eigenvalue weighted by Crippen LogP contribution is -2.01. The predicted octanol–water partition coefficient (Wildman–Crippen LogP) is 11.6. The van der Waals surface area contributed by atoms with Crippen LogP contribution in [0.25, 0.3) is 39.3 Å². The molecule has 0 N–H and O–H groups in total. The van der Waals surface area contributed by atoms with Gasteiger partial charge in [-0.05, 0) is 92.4 Å². The highest BCUT2D eigenvalue weighted by Gasteiger charge is 2.18. The first kappa shape index (κ1) is 29.1. The van der Waals surface area contributed by atoms with Crippen molar-refractivity contribution < 1.29 is 0 Å². The van der Waals surface area contributed by atoms with E-state index in [4.69, 9.17) is 0 Å². The molecule has 44 heavy (non-hydrogen) atoms. The number of allylic oxidation sites excluding steroid dienone is 9. The van der Waals surface area contributed by atoms with Crippen LogP contribution >= 0.6 is 0 Å². The van der Waals surface area contributed by atoms with Gasteiger partial charge in [-0.25, -0.2) is 0 Å². The Labute approximate surface area is 262 Å². The van der Waals surface area contributed by atoms with Gasteiger partial charge in [0.05, 0.1) is 0 Å². The molecule has 216 valence electrons. The van der Waals surface area contributed by atoms with Crippen LogP contribution < -0.4 is 0 Å². The molecular formula is C43H39N. The summed E-state index contributed by atoms with van der Waals surface area (Å²) in [6.07, 6.45) is 27.8. The Morgan fingerprint density at radius 2 is 1.66 bits per heavy atom. The van der Waals surface area contributed by atoms with E-state index >= 15 is 0 Å². The molecule has 1 aromatic heterocycles. The zero-order valence-electron chi connectivity index (χ0n) is 25.7. The molecule has 0 radical (unpaired) electrons. The molecule has 5 aromatic rings. The zero-order chi connectivity index (χ0) is 30.3. The molecule has 2 atom stereocenters. The summed E-state index contributed by atoms with van der Waals surface area (Å²) in [6.45, 7) is 8.41. The lowest BCUT2D eigenvalue weighted by molar-refractivity contribution is 0.869. The summed E-state index contributed by atoms with van der Waals surface area (Å²) in [5.74, 6) is 0.634. The molecule has 0 aliphatic heterocycles. The summed E-state index contributed by atoms with van der Waals surface area (Å²) in [7, 11) is 0. The number of nitrogens with zero attached hydrogens (tertiary/aromatic N) is 1. The summed E-state index contributed by atoms with van der Waals surface area (Å²) < 4.78 is 0. The number of hydrogen-bond acceptors (Lipinski definition) is 1. The Morgan fingerprint density at radius 3 is 2.30 bits per heavy atom. The predicted molar refractivity (Wildman–Crippen MR) is 192 cm³/mol. The van der Waals surface area contributed by atoms with E-state index in [2.05, 4.69) is 153 Å². The lowest BCUT2D eigenvalue weighted by atomic mass is 9.82. The Balaban J connectivity index is 1.38. The van der Waals surface area contributed by atoms with E-state index in [0.717, 1.165) is 18.4 Å². The number of fused-ring (bicyclic) bond motifs is 2. The highest BCUT2D eigenvalue weighted by atomic mass is 14.6. The van der Waals surface area contributed by atoms with Crippen molar-refractivity contribution in [2.24, 2.45) is 0 Å². The van der Waals surface area contributed by atoms with E-state index in [1.807, 2.05) is 24.5 Å². The molecule has 0 amide bonds. The summed E-state index contributed by atoms with van der Waals surface area (Å²) in [4.78, 5) is 4.32. The minimum atomic E-state index is 0.248. The first-order valence-corrected chi connectivity index (χ1v) is 15.6. The summed E-state index contributed by atoms with van der Waals surface area (Å²) in [5, 5.41) is 5.40. The molecule has 1 aliphatic rings. The maximum atomic E-state index is 4.32. The number of pyridine rings is 1. The van der Waals surface area contributed by atoms with Gasteiger partial charge in [-0.3, -0.25) is 4.98 Å². The van der Waals surface area contributed by atoms with Gasteiger partial charge >= 0.3 is 0 Å². The van der Waals surface area contributed by atoms with Crippen molar-refractivity contribution in [3.05, 3.63) is 180 Å². The normalized spacial score (nSPS) is 16.0. The first-order valence-electron chi connectivity index (χ1n) is 15.6. The monoisotopic (exact) mass is 569 g/mol. The van der Waals surface area contributed by atoms with Crippen LogP contribution in [0.4, 0.5) is 0 Å². The quantitative estimate of drug-likeness (QED) is 0.127. The van der Waals surface area contributed by atoms with Crippen LogP contribution in [0, 0.1) is 0 Å². The summed E-state index contributed by atoms with van der Waals surface area (Å²) in [5.41, 5.74) is 8.72. The van der Waals surface area contributed by atoms with Crippen molar-refractivity contribution in [3.8, 4) is 0 Å². The van der Waals surface area contributed by atoms with E-state index in [1.165, 1.54) is 54.9 Å². The smallest absolute Gasteiger partial charge is 0.0305 e. The fraction of sp³-hybridized carbons (Fsp3) is 0.140. The minimum Gasteiger partial charge on any atom is -0.264 e. The SMILES string of the molecule is C=Cc1ccc(C(/C=C\C)=C/C(C)c2cccnc2)cc1/C=C\Cc1c2ccccc2c(C2C=CC=CC2)c2ccccc12. The molecular weight excluding hydrogens is 530 g/mol. The Kier molecular flexibility index (Phi) is 8.94. The van der Waals surface area contributed by atoms with Crippen molar-refractivity contribution in [1.82, 2.24) is 4.98 Å². The molecule has 0 saturated heterocycles. The van der Waals surface area contributed by atoms with Gasteiger partial charge in [-0.15, -0.1) is 0 Å². The summed E-state index contributed by atoms with van der Waals surface area (Å²) >= 11 is 0. The van der Waals surface area contributed by atoms with Crippen molar-refractivity contribution in [2.45, 2.75) is 38.5 Å². The van der Waals surface area contributed by atoms with Crippen LogP contribution in [-0.2, 0) is 6.42 Å². The molecule has 1 nitrogen and oxygen atoms in total. The van der Waals surface area contributed by atoms with Gasteiger partial charge in [0.1, 0.15) is 0 Å². The standard InChI is InChI=1S/C43H39N/c1-4-15-34(28-31(3)37-19-14-27-44-30-37)36-26-25-32(5-2)35(29-36)18-13-24-38-39-20-9-11-22-41(39)43(33-16-7-6-8-17-33)42-23-12-10-21-40(38)42/h4-16,18-23,25-31,33H,2,17,24H2,1,3H3/b15-4-,18-13-,34-28+. The average Bonchev–Trinajstić information content (AvgIpc) is 3.08. The third kappa shape index (κ3) is 6.05. The average molecular weight is 570 g/mol. The van der Waals surface area contributed by atoms with Crippen molar-refractivity contribution >= 4 is 39.3 Å². The van der Waals surface area contributed by atoms with E-state index in [-0.39, 0.29) is 5.92 Å². The number of rotatable bonds is 9. The largest absolute Gasteiger partial charge is 0.264 e. The van der Waals surface area contributed by atoms with Crippen molar-refractivity contribution in [3.63, 3.8) is 0 Å². The van der Waals surface area contributed by atoms with Crippen LogP contribution in [-0.4, -0.2) is 4.98 Å². The van der Waals surface area contributed by atoms with Crippen molar-refractivity contribution in [2.75, 3.05) is 0 Å². The Morgan fingerprint density at radius 1 is 0.909 bits per heavy atom. The van der Waals surface area contributed by atoms with Gasteiger partial charge in [0.15, 0.2) is 0 Å². The summed E-state index contributed by atoms with van der Waals surface area (Å²) in [6, 6.07) is 28.7. The van der Waals surface area contributed by atoms with Crippen LogP contribution in [0.3, 0.4) is 0 Å². The highest BCUT2D eigenvalue weighted by molar-refractivity contribution is 6.06. The van der Waals surface area contributed by atoms with Crippen molar-refractivity contribution in [1.29, 1.82) is 0 Å². The van der Waals surface area contributed by atoms with Gasteiger partial charge in [-0.1, -0.05) is 141 Å². The number of aromatic nitrogens is 1. The first-order chi connectivity index (χ1) is 21.7. The molecule has 0 spiro atoms. The Hall–Kier alpha value is -5.01. The third-order valence-electron chi connectivity index (χ3n) is 8.68. The molecule has 1 heteroatoms. The molecule has 1 heterocycles. The second kappa shape index (κ2) is 13.5. The van der Waals surface area contributed by atoms with Crippen LogP contribution in [0.1, 0.15) is 65.5 Å². The number of benzene rings is 4.